The van der Waals surface area contributed by atoms with Crippen LogP contribution in [-0.2, 0) is 0 Å². The van der Waals surface area contributed by atoms with Crippen LogP contribution in [0.3, 0.4) is 0 Å². The van der Waals surface area contributed by atoms with Crippen LogP contribution in [0, 0.1) is 0 Å². The van der Waals surface area contributed by atoms with Crippen LogP contribution in [0.4, 0.5) is 0 Å². The maximum absolute atomic E-state index is 5.06. The fraction of sp³-hybridized carbons (Fsp3) is 0.100. The lowest BCUT2D eigenvalue weighted by molar-refractivity contribution is 0.415. The van der Waals surface area contributed by atoms with E-state index >= 15 is 0 Å². The lowest BCUT2D eigenvalue weighted by Gasteiger charge is -1.99. The summed E-state index contributed by atoms with van der Waals surface area (Å²) < 4.78 is 10.1. The minimum absolute atomic E-state index is 0.489. The van der Waals surface area contributed by atoms with E-state index in [2.05, 4.69) is 20.9 Å². The minimum atomic E-state index is 0.489. The number of nitrogens with zero attached hydrogens (tertiary/aromatic N) is 1. The summed E-state index contributed by atoms with van der Waals surface area (Å²) in [5, 5.41) is 0. The van der Waals surface area contributed by atoms with Crippen LogP contribution >= 0.6 is 15.9 Å². The predicted octanol–water partition coefficient (Wildman–Crippen LogP) is 3.11. The molecule has 0 aliphatic rings. The van der Waals surface area contributed by atoms with Crippen molar-refractivity contribution in [1.29, 1.82) is 0 Å². The molecule has 3 nitrogen and oxygen atoms in total. The molecule has 2 rings (SSSR count). The van der Waals surface area contributed by atoms with E-state index in [0.29, 0.717) is 4.80 Å². The normalized spacial score (nSPS) is 10.1. The summed E-state index contributed by atoms with van der Waals surface area (Å²) in [6.07, 6.45) is 1.60. The van der Waals surface area contributed by atoms with E-state index < -0.39 is 0 Å². The van der Waals surface area contributed by atoms with Crippen LogP contribution in [0.1, 0.15) is 0 Å². The second kappa shape index (κ2) is 3.84. The predicted molar refractivity (Wildman–Crippen MR) is 56.2 cm³/mol. The van der Waals surface area contributed by atoms with Crippen LogP contribution < -0.4 is 4.74 Å². The highest BCUT2D eigenvalue weighted by Crippen LogP contribution is 2.23. The number of benzene rings is 1. The Labute approximate surface area is 89.8 Å². The molecule has 0 amide bonds. The van der Waals surface area contributed by atoms with Gasteiger partial charge in [-0.25, -0.2) is 4.98 Å². The van der Waals surface area contributed by atoms with Gasteiger partial charge in [-0.3, -0.25) is 0 Å². The van der Waals surface area contributed by atoms with Crippen molar-refractivity contribution in [2.24, 2.45) is 0 Å². The van der Waals surface area contributed by atoms with Crippen LogP contribution in [-0.4, -0.2) is 12.1 Å². The zero-order chi connectivity index (χ0) is 9.97. The van der Waals surface area contributed by atoms with Gasteiger partial charge in [0.05, 0.1) is 7.11 Å². The standard InChI is InChI=1S/C10H8BrNO2/c1-13-8-4-2-7(3-5-8)9-6-14-10(11)12-9/h2-6H,1H3. The number of ether oxygens (including phenoxy) is 1. The fourth-order valence-electron chi connectivity index (χ4n) is 1.15. The summed E-state index contributed by atoms with van der Waals surface area (Å²) in [5.74, 6) is 0.830. The maximum atomic E-state index is 5.06. The van der Waals surface area contributed by atoms with Crippen molar-refractivity contribution >= 4 is 15.9 Å². The zero-order valence-corrected chi connectivity index (χ0v) is 9.11. The van der Waals surface area contributed by atoms with Gasteiger partial charge in [-0.05, 0) is 24.3 Å². The van der Waals surface area contributed by atoms with E-state index in [1.54, 1.807) is 13.4 Å². The Bertz CT molecular complexity index is 422. The molecule has 0 atom stereocenters. The van der Waals surface area contributed by atoms with E-state index in [-0.39, 0.29) is 0 Å². The average Bonchev–Trinajstić information content (AvgIpc) is 2.65. The number of aromatic nitrogens is 1. The van der Waals surface area contributed by atoms with Crippen molar-refractivity contribution in [2.45, 2.75) is 0 Å². The van der Waals surface area contributed by atoms with Gasteiger partial charge in [0.2, 0.25) is 0 Å². The Balaban J connectivity index is 2.33. The molecule has 0 bridgehead atoms. The largest absolute Gasteiger partial charge is 0.497 e. The summed E-state index contributed by atoms with van der Waals surface area (Å²) in [6, 6.07) is 7.64. The summed E-state index contributed by atoms with van der Waals surface area (Å²) in [4.78, 5) is 4.63. The number of rotatable bonds is 2. The molecule has 1 aromatic carbocycles. The first kappa shape index (κ1) is 9.27. The number of oxazole rings is 1. The lowest BCUT2D eigenvalue weighted by atomic mass is 10.2. The molecule has 0 fully saturated rings. The minimum Gasteiger partial charge on any atom is -0.497 e. The molecule has 0 spiro atoms. The Hall–Kier alpha value is -1.29. The van der Waals surface area contributed by atoms with Gasteiger partial charge < -0.3 is 9.15 Å². The van der Waals surface area contributed by atoms with Crippen molar-refractivity contribution in [2.75, 3.05) is 7.11 Å². The molecule has 0 saturated carbocycles. The highest BCUT2D eigenvalue weighted by molar-refractivity contribution is 9.10. The third kappa shape index (κ3) is 1.80. The van der Waals surface area contributed by atoms with Crippen LogP contribution in [0.2, 0.25) is 0 Å². The van der Waals surface area contributed by atoms with Gasteiger partial charge in [0.1, 0.15) is 17.7 Å². The Morgan fingerprint density at radius 2 is 2.00 bits per heavy atom. The van der Waals surface area contributed by atoms with E-state index in [1.807, 2.05) is 24.3 Å². The summed E-state index contributed by atoms with van der Waals surface area (Å²) >= 11 is 3.16. The van der Waals surface area contributed by atoms with Gasteiger partial charge in [0.25, 0.3) is 4.80 Å². The smallest absolute Gasteiger partial charge is 0.264 e. The molecule has 2 aromatic rings. The molecule has 0 aliphatic heterocycles. The molecule has 0 unspecified atom stereocenters. The Morgan fingerprint density at radius 3 is 2.50 bits per heavy atom. The van der Waals surface area contributed by atoms with E-state index in [4.69, 9.17) is 9.15 Å². The summed E-state index contributed by atoms with van der Waals surface area (Å²) in [5.41, 5.74) is 1.81. The molecular formula is C10H8BrNO2. The van der Waals surface area contributed by atoms with Crippen LogP contribution in [0.5, 0.6) is 5.75 Å². The summed E-state index contributed by atoms with van der Waals surface area (Å²) in [6.45, 7) is 0. The second-order valence-electron chi connectivity index (χ2n) is 2.71. The van der Waals surface area contributed by atoms with Crippen molar-refractivity contribution in [3.05, 3.63) is 35.3 Å². The Morgan fingerprint density at radius 1 is 1.29 bits per heavy atom. The van der Waals surface area contributed by atoms with Gasteiger partial charge in [-0.1, -0.05) is 0 Å². The Kier molecular flexibility index (Phi) is 2.54. The zero-order valence-electron chi connectivity index (χ0n) is 7.53. The molecule has 14 heavy (non-hydrogen) atoms. The summed E-state index contributed by atoms with van der Waals surface area (Å²) in [7, 11) is 1.64. The highest BCUT2D eigenvalue weighted by Gasteiger charge is 2.03. The van der Waals surface area contributed by atoms with Crippen molar-refractivity contribution in [3.63, 3.8) is 0 Å². The van der Waals surface area contributed by atoms with Gasteiger partial charge in [0.15, 0.2) is 0 Å². The monoisotopic (exact) mass is 253 g/mol. The molecule has 1 aromatic heterocycles. The number of methoxy groups -OCH3 is 1. The fourth-order valence-corrected chi connectivity index (χ4v) is 1.43. The van der Waals surface area contributed by atoms with Gasteiger partial charge in [0, 0.05) is 21.5 Å². The van der Waals surface area contributed by atoms with E-state index in [9.17, 15) is 0 Å². The van der Waals surface area contributed by atoms with Gasteiger partial charge in [-0.2, -0.15) is 0 Å². The van der Waals surface area contributed by atoms with Crippen LogP contribution in [0.25, 0.3) is 11.3 Å². The van der Waals surface area contributed by atoms with Crippen molar-refractivity contribution in [1.82, 2.24) is 4.98 Å². The van der Waals surface area contributed by atoms with Crippen molar-refractivity contribution < 1.29 is 9.15 Å². The number of hydrogen-bond donors (Lipinski definition) is 0. The molecular weight excluding hydrogens is 246 g/mol. The maximum Gasteiger partial charge on any atom is 0.264 e. The first-order valence-corrected chi connectivity index (χ1v) is 4.84. The molecule has 0 radical (unpaired) electrons. The number of hydrogen-bond acceptors (Lipinski definition) is 3. The molecule has 0 saturated heterocycles. The first-order valence-electron chi connectivity index (χ1n) is 4.05. The molecule has 0 aliphatic carbocycles. The van der Waals surface area contributed by atoms with E-state index in [1.165, 1.54) is 0 Å². The number of halogens is 1. The topological polar surface area (TPSA) is 35.3 Å². The van der Waals surface area contributed by atoms with E-state index in [0.717, 1.165) is 17.0 Å². The third-order valence-electron chi connectivity index (χ3n) is 1.86. The SMILES string of the molecule is COc1ccc(-c2coc(Br)n2)cc1. The molecule has 1 heterocycles. The molecule has 4 heteroatoms. The average molecular weight is 254 g/mol. The van der Waals surface area contributed by atoms with Gasteiger partial charge >= 0.3 is 0 Å². The second-order valence-corrected chi connectivity index (χ2v) is 3.39. The van der Waals surface area contributed by atoms with Crippen LogP contribution in [0.15, 0.2) is 39.7 Å². The third-order valence-corrected chi connectivity index (χ3v) is 2.23. The molecule has 0 N–H and O–H groups in total. The quantitative estimate of drug-likeness (QED) is 0.825. The first-order chi connectivity index (χ1) is 6.79. The highest BCUT2D eigenvalue weighted by atomic mass is 79.9. The van der Waals surface area contributed by atoms with Crippen molar-refractivity contribution in [3.8, 4) is 17.0 Å². The lowest BCUT2D eigenvalue weighted by Crippen LogP contribution is -1.82. The molecule has 72 valence electrons. The van der Waals surface area contributed by atoms with Gasteiger partial charge in [-0.15, -0.1) is 0 Å².